The summed E-state index contributed by atoms with van der Waals surface area (Å²) >= 11 is 0. The highest BCUT2D eigenvalue weighted by Gasteiger charge is 1.86. The van der Waals surface area contributed by atoms with Gasteiger partial charge in [-0.1, -0.05) is 24.3 Å². The van der Waals surface area contributed by atoms with Crippen LogP contribution in [0, 0.1) is 0 Å². The van der Waals surface area contributed by atoms with Crippen LogP contribution in [-0.4, -0.2) is 11.1 Å². The van der Waals surface area contributed by atoms with Gasteiger partial charge in [-0.15, -0.1) is 0 Å². The molecule has 1 N–H and O–H groups in total. The Kier molecular flexibility index (Phi) is 4.50. The first-order valence-corrected chi connectivity index (χ1v) is 2.77. The predicted octanol–water partition coefficient (Wildman–Crippen LogP) is 1.59. The van der Waals surface area contributed by atoms with Crippen LogP contribution in [0.15, 0.2) is 24.3 Å². The molecule has 0 aromatic heterocycles. The van der Waals surface area contributed by atoms with E-state index in [-0.39, 0.29) is 6.42 Å². The Balaban J connectivity index is 3.36. The van der Waals surface area contributed by atoms with Crippen LogP contribution in [0.25, 0.3) is 0 Å². The van der Waals surface area contributed by atoms with Crippen molar-refractivity contribution in [3.63, 3.8) is 0 Å². The van der Waals surface area contributed by atoms with Crippen molar-refractivity contribution in [2.75, 3.05) is 0 Å². The van der Waals surface area contributed by atoms with Crippen molar-refractivity contribution in [1.82, 2.24) is 0 Å². The van der Waals surface area contributed by atoms with E-state index in [1.165, 1.54) is 0 Å². The Bertz CT molecular complexity index is 134. The minimum absolute atomic E-state index is 0.102. The number of carboxylic acid groups (broad SMARTS) is 1. The Morgan fingerprint density at radius 3 is 2.67 bits per heavy atom. The third-order valence-electron chi connectivity index (χ3n) is 0.732. The molecule has 0 saturated heterocycles. The molecule has 0 aliphatic rings. The predicted molar refractivity (Wildman–Crippen MR) is 36.2 cm³/mol. The number of carbonyl (C=O) groups is 1. The molecule has 0 bridgehead atoms. The van der Waals surface area contributed by atoms with Gasteiger partial charge < -0.3 is 5.11 Å². The van der Waals surface area contributed by atoms with Crippen LogP contribution < -0.4 is 0 Å². The molecule has 0 aromatic rings. The van der Waals surface area contributed by atoms with Crippen molar-refractivity contribution in [1.29, 1.82) is 0 Å². The van der Waals surface area contributed by atoms with Crippen LogP contribution in [0.5, 0.6) is 0 Å². The summed E-state index contributed by atoms with van der Waals surface area (Å²) in [6.07, 6.45) is 7.06. The highest BCUT2D eigenvalue weighted by molar-refractivity contribution is 5.68. The average Bonchev–Trinajstić information content (AvgIpc) is 1.80. The van der Waals surface area contributed by atoms with E-state index in [9.17, 15) is 4.79 Å². The summed E-state index contributed by atoms with van der Waals surface area (Å²) in [6, 6.07) is 0. The molecule has 0 aliphatic heterocycles. The highest BCUT2D eigenvalue weighted by atomic mass is 16.4. The summed E-state index contributed by atoms with van der Waals surface area (Å²) in [7, 11) is 0. The van der Waals surface area contributed by atoms with Crippen molar-refractivity contribution in [2.45, 2.75) is 13.3 Å². The number of hydrogen-bond donors (Lipinski definition) is 1. The lowest BCUT2D eigenvalue weighted by Crippen LogP contribution is -1.89. The SMILES string of the molecule is CC=CC=CCC(=O)O. The molecule has 9 heavy (non-hydrogen) atoms. The summed E-state index contributed by atoms with van der Waals surface area (Å²) in [6.45, 7) is 1.88. The van der Waals surface area contributed by atoms with Gasteiger partial charge in [-0.2, -0.15) is 0 Å². The maximum absolute atomic E-state index is 9.89. The molecule has 0 rings (SSSR count). The Labute approximate surface area is 54.5 Å². The summed E-state index contributed by atoms with van der Waals surface area (Å²) in [5, 5.41) is 8.14. The Morgan fingerprint density at radius 1 is 1.56 bits per heavy atom. The normalized spacial score (nSPS) is 11.2. The molecule has 0 fully saturated rings. The molecule has 0 atom stereocenters. The Morgan fingerprint density at radius 2 is 2.22 bits per heavy atom. The second kappa shape index (κ2) is 5.09. The molecule has 0 aromatic carbocycles. The van der Waals surface area contributed by atoms with E-state index in [2.05, 4.69) is 0 Å². The number of rotatable bonds is 3. The van der Waals surface area contributed by atoms with E-state index in [4.69, 9.17) is 5.11 Å². The van der Waals surface area contributed by atoms with E-state index in [0.29, 0.717) is 0 Å². The third kappa shape index (κ3) is 6.95. The molecule has 2 nitrogen and oxygen atoms in total. The quantitative estimate of drug-likeness (QED) is 0.583. The molecular formula is C7H10O2. The van der Waals surface area contributed by atoms with Crippen LogP contribution in [0.3, 0.4) is 0 Å². The van der Waals surface area contributed by atoms with Crippen LogP contribution in [0.2, 0.25) is 0 Å². The molecule has 50 valence electrons. The molecule has 0 heterocycles. The van der Waals surface area contributed by atoms with E-state index in [1.807, 2.05) is 13.0 Å². The summed E-state index contributed by atoms with van der Waals surface area (Å²) in [5.74, 6) is -0.796. The zero-order valence-corrected chi connectivity index (χ0v) is 5.37. The minimum Gasteiger partial charge on any atom is -0.481 e. The first-order chi connectivity index (χ1) is 4.27. The van der Waals surface area contributed by atoms with Gasteiger partial charge in [0.1, 0.15) is 0 Å². The lowest BCUT2D eigenvalue weighted by Gasteiger charge is -1.78. The van der Waals surface area contributed by atoms with Crippen molar-refractivity contribution in [3.8, 4) is 0 Å². The second-order valence-corrected chi connectivity index (χ2v) is 1.55. The topological polar surface area (TPSA) is 37.3 Å². The zero-order valence-electron chi connectivity index (χ0n) is 5.37. The van der Waals surface area contributed by atoms with E-state index in [0.717, 1.165) is 0 Å². The second-order valence-electron chi connectivity index (χ2n) is 1.55. The number of allylic oxidation sites excluding steroid dienone is 3. The van der Waals surface area contributed by atoms with Crippen LogP contribution >= 0.6 is 0 Å². The van der Waals surface area contributed by atoms with Crippen molar-refractivity contribution in [2.24, 2.45) is 0 Å². The number of aliphatic carboxylic acids is 1. The fourth-order valence-electron chi connectivity index (χ4n) is 0.359. The molecule has 0 spiro atoms. The smallest absolute Gasteiger partial charge is 0.307 e. The summed E-state index contributed by atoms with van der Waals surface area (Å²) < 4.78 is 0. The largest absolute Gasteiger partial charge is 0.481 e. The highest BCUT2D eigenvalue weighted by Crippen LogP contribution is 1.82. The molecule has 0 aliphatic carbocycles. The van der Waals surface area contributed by atoms with E-state index >= 15 is 0 Å². The van der Waals surface area contributed by atoms with E-state index < -0.39 is 5.97 Å². The zero-order chi connectivity index (χ0) is 7.11. The van der Waals surface area contributed by atoms with Crippen molar-refractivity contribution in [3.05, 3.63) is 24.3 Å². The molecule has 0 unspecified atom stereocenters. The van der Waals surface area contributed by atoms with Gasteiger partial charge in [0.25, 0.3) is 0 Å². The lowest BCUT2D eigenvalue weighted by atomic mass is 10.3. The summed E-state index contributed by atoms with van der Waals surface area (Å²) in [5.41, 5.74) is 0. The van der Waals surface area contributed by atoms with Crippen LogP contribution in [-0.2, 0) is 4.79 Å². The van der Waals surface area contributed by atoms with Crippen LogP contribution in [0.1, 0.15) is 13.3 Å². The Hall–Kier alpha value is -1.05. The first kappa shape index (κ1) is 7.95. The standard InChI is InChI=1S/C7H10O2/c1-2-3-4-5-6-7(8)9/h2-5H,6H2,1H3,(H,8,9). The van der Waals surface area contributed by atoms with Gasteiger partial charge in [-0.05, 0) is 6.92 Å². The number of carboxylic acids is 1. The maximum atomic E-state index is 9.89. The maximum Gasteiger partial charge on any atom is 0.307 e. The van der Waals surface area contributed by atoms with E-state index in [1.54, 1.807) is 18.2 Å². The van der Waals surface area contributed by atoms with Crippen molar-refractivity contribution < 1.29 is 9.90 Å². The third-order valence-corrected chi connectivity index (χ3v) is 0.732. The number of hydrogen-bond acceptors (Lipinski definition) is 1. The van der Waals surface area contributed by atoms with Gasteiger partial charge >= 0.3 is 5.97 Å². The summed E-state index contributed by atoms with van der Waals surface area (Å²) in [4.78, 5) is 9.89. The molecule has 2 heteroatoms. The van der Waals surface area contributed by atoms with Gasteiger partial charge in [0.2, 0.25) is 0 Å². The van der Waals surface area contributed by atoms with Crippen LogP contribution in [0.4, 0.5) is 0 Å². The van der Waals surface area contributed by atoms with Gasteiger partial charge in [0.15, 0.2) is 0 Å². The molecule has 0 saturated carbocycles. The van der Waals surface area contributed by atoms with Gasteiger partial charge in [0, 0.05) is 0 Å². The first-order valence-electron chi connectivity index (χ1n) is 2.77. The van der Waals surface area contributed by atoms with Crippen molar-refractivity contribution >= 4 is 5.97 Å². The van der Waals surface area contributed by atoms with Gasteiger partial charge in [0.05, 0.1) is 6.42 Å². The fraction of sp³-hybridized carbons (Fsp3) is 0.286. The molecule has 0 radical (unpaired) electrons. The fourth-order valence-corrected chi connectivity index (χ4v) is 0.359. The van der Waals surface area contributed by atoms with Gasteiger partial charge in [-0.3, -0.25) is 4.79 Å². The minimum atomic E-state index is -0.796. The molecule has 0 amide bonds. The lowest BCUT2D eigenvalue weighted by molar-refractivity contribution is -0.135. The molecular weight excluding hydrogens is 116 g/mol. The monoisotopic (exact) mass is 126 g/mol. The average molecular weight is 126 g/mol. The van der Waals surface area contributed by atoms with Gasteiger partial charge in [-0.25, -0.2) is 0 Å².